The van der Waals surface area contributed by atoms with Gasteiger partial charge in [-0.25, -0.2) is 0 Å². The van der Waals surface area contributed by atoms with Crippen molar-refractivity contribution in [2.45, 2.75) is 25.9 Å². The van der Waals surface area contributed by atoms with Crippen molar-refractivity contribution in [1.82, 2.24) is 10.2 Å². The molecule has 1 N–H and O–H groups in total. The Hall–Kier alpha value is -2.54. The van der Waals surface area contributed by atoms with Gasteiger partial charge in [-0.3, -0.25) is 9.59 Å². The Labute approximate surface area is 218 Å². The van der Waals surface area contributed by atoms with Gasteiger partial charge >= 0.3 is 0 Å². The summed E-state index contributed by atoms with van der Waals surface area (Å²) in [4.78, 5) is 28.1. The van der Waals surface area contributed by atoms with Crippen molar-refractivity contribution in [3.63, 3.8) is 0 Å². The van der Waals surface area contributed by atoms with Crippen molar-refractivity contribution in [2.24, 2.45) is 0 Å². The van der Waals surface area contributed by atoms with E-state index in [4.69, 9.17) is 27.9 Å². The van der Waals surface area contributed by atoms with Crippen LogP contribution in [-0.4, -0.2) is 35.9 Å². The molecule has 3 aromatic carbocycles. The van der Waals surface area contributed by atoms with Gasteiger partial charge in [0.25, 0.3) is 5.91 Å². The fourth-order valence-electron chi connectivity index (χ4n) is 3.49. The molecule has 3 rings (SSSR count). The van der Waals surface area contributed by atoms with Crippen molar-refractivity contribution in [1.29, 1.82) is 0 Å². The van der Waals surface area contributed by atoms with E-state index in [1.165, 1.54) is 4.90 Å². The average Bonchev–Trinajstić information content (AvgIpc) is 2.81. The second-order valence-electron chi connectivity index (χ2n) is 7.62. The zero-order valence-corrected chi connectivity index (χ0v) is 21.7. The van der Waals surface area contributed by atoms with Crippen molar-refractivity contribution in [2.75, 3.05) is 13.2 Å². The van der Waals surface area contributed by atoms with Gasteiger partial charge in [0, 0.05) is 29.0 Å². The summed E-state index contributed by atoms with van der Waals surface area (Å²) in [6.07, 6.45) is 0.359. The minimum absolute atomic E-state index is 0.200. The Kier molecular flexibility index (Phi) is 9.81. The molecule has 178 valence electrons. The molecule has 2 amide bonds. The van der Waals surface area contributed by atoms with Gasteiger partial charge in [0.1, 0.15) is 11.8 Å². The predicted molar refractivity (Wildman–Crippen MR) is 139 cm³/mol. The molecule has 1 atom stereocenters. The van der Waals surface area contributed by atoms with Gasteiger partial charge in [-0.1, -0.05) is 81.6 Å². The van der Waals surface area contributed by atoms with Crippen LogP contribution >= 0.6 is 39.1 Å². The minimum atomic E-state index is -0.738. The van der Waals surface area contributed by atoms with E-state index in [-0.39, 0.29) is 25.0 Å². The maximum atomic E-state index is 13.5. The highest BCUT2D eigenvalue weighted by Crippen LogP contribution is 2.28. The van der Waals surface area contributed by atoms with Crippen LogP contribution in [0.4, 0.5) is 0 Å². The van der Waals surface area contributed by atoms with Crippen molar-refractivity contribution < 1.29 is 14.3 Å². The molecule has 5 nitrogen and oxygen atoms in total. The third-order valence-corrected chi connectivity index (χ3v) is 6.13. The summed E-state index contributed by atoms with van der Waals surface area (Å²) >= 11 is 15.8. The Morgan fingerprint density at radius 1 is 1.00 bits per heavy atom. The van der Waals surface area contributed by atoms with Crippen LogP contribution in [0.3, 0.4) is 0 Å². The number of carbonyl (C=O) groups is 2. The van der Waals surface area contributed by atoms with Gasteiger partial charge in [-0.2, -0.15) is 0 Å². The highest BCUT2D eigenvalue weighted by Gasteiger charge is 2.30. The van der Waals surface area contributed by atoms with Gasteiger partial charge in [0.05, 0.1) is 5.02 Å². The maximum Gasteiger partial charge on any atom is 0.261 e. The number of carbonyl (C=O) groups excluding carboxylic acids is 2. The van der Waals surface area contributed by atoms with Crippen LogP contribution in [0, 0.1) is 0 Å². The fraction of sp³-hybridized carbons (Fsp3) is 0.231. The number of halogens is 3. The molecule has 0 aliphatic heterocycles. The molecule has 0 saturated carbocycles. The number of nitrogens with one attached hydrogen (secondary N) is 1. The highest BCUT2D eigenvalue weighted by molar-refractivity contribution is 9.10. The number of nitrogens with zero attached hydrogens (tertiary/aromatic N) is 1. The third-order valence-electron chi connectivity index (χ3n) is 5.11. The van der Waals surface area contributed by atoms with Gasteiger partial charge in [-0.15, -0.1) is 0 Å². The Morgan fingerprint density at radius 2 is 1.74 bits per heavy atom. The summed E-state index contributed by atoms with van der Waals surface area (Å²) in [6.45, 7) is 2.23. The number of rotatable bonds is 10. The lowest BCUT2D eigenvalue weighted by atomic mass is 10.0. The number of hydrogen-bond donors (Lipinski definition) is 1. The largest absolute Gasteiger partial charge is 0.482 e. The lowest BCUT2D eigenvalue weighted by Gasteiger charge is -2.31. The van der Waals surface area contributed by atoms with E-state index in [1.54, 1.807) is 30.3 Å². The molecule has 0 aliphatic rings. The van der Waals surface area contributed by atoms with Gasteiger partial charge in [-0.05, 0) is 48.4 Å². The smallest absolute Gasteiger partial charge is 0.261 e. The maximum absolute atomic E-state index is 13.5. The fourth-order valence-corrected chi connectivity index (χ4v) is 4.43. The predicted octanol–water partition coefficient (Wildman–Crippen LogP) is 5.91. The standard InChI is InChI=1S/C26H25BrCl2N2O3/c1-2-30-26(33)23(14-18-7-4-3-5-8-18)31(16-19-9-6-10-21(28)13-19)25(32)17-34-24-12-11-20(27)15-22(24)29/h3-13,15,23H,2,14,16-17H2,1H3,(H,30,33)/t23-/m1/s1. The van der Waals surface area contributed by atoms with Crippen LogP contribution in [0.5, 0.6) is 5.75 Å². The van der Waals surface area contributed by atoms with Crippen molar-refractivity contribution in [3.05, 3.63) is 98.4 Å². The first-order valence-electron chi connectivity index (χ1n) is 10.8. The van der Waals surface area contributed by atoms with Gasteiger partial charge in [0.2, 0.25) is 5.91 Å². The Balaban J connectivity index is 1.90. The molecule has 0 radical (unpaired) electrons. The van der Waals surface area contributed by atoms with Crippen LogP contribution in [0.25, 0.3) is 0 Å². The SMILES string of the molecule is CCNC(=O)[C@@H](Cc1ccccc1)N(Cc1cccc(Cl)c1)C(=O)COc1ccc(Br)cc1Cl. The molecule has 0 aromatic heterocycles. The van der Waals surface area contributed by atoms with E-state index in [0.717, 1.165) is 15.6 Å². The molecule has 8 heteroatoms. The Bertz CT molecular complexity index is 1130. The van der Waals surface area contributed by atoms with Crippen LogP contribution < -0.4 is 10.1 Å². The van der Waals surface area contributed by atoms with E-state index >= 15 is 0 Å². The molecule has 0 spiro atoms. The summed E-state index contributed by atoms with van der Waals surface area (Å²) in [6, 6.07) is 21.3. The van der Waals surface area contributed by atoms with E-state index in [2.05, 4.69) is 21.2 Å². The lowest BCUT2D eigenvalue weighted by molar-refractivity contribution is -0.142. The number of ether oxygens (including phenoxy) is 1. The topological polar surface area (TPSA) is 58.6 Å². The molecule has 0 unspecified atom stereocenters. The minimum Gasteiger partial charge on any atom is -0.482 e. The van der Waals surface area contributed by atoms with Crippen LogP contribution in [-0.2, 0) is 22.6 Å². The Morgan fingerprint density at radius 3 is 2.41 bits per heavy atom. The molecule has 0 fully saturated rings. The van der Waals surface area contributed by atoms with Gasteiger partial charge in [0.15, 0.2) is 6.61 Å². The molecular formula is C26H25BrCl2N2O3. The van der Waals surface area contributed by atoms with Gasteiger partial charge < -0.3 is 15.0 Å². The second kappa shape index (κ2) is 12.8. The van der Waals surface area contributed by atoms with Crippen LogP contribution in [0.15, 0.2) is 77.3 Å². The van der Waals surface area contributed by atoms with Crippen molar-refractivity contribution >= 4 is 50.9 Å². The molecule has 0 bridgehead atoms. The van der Waals surface area contributed by atoms with E-state index in [9.17, 15) is 9.59 Å². The average molecular weight is 564 g/mol. The molecular weight excluding hydrogens is 539 g/mol. The first-order chi connectivity index (χ1) is 16.4. The first kappa shape index (κ1) is 26.1. The zero-order chi connectivity index (χ0) is 24.5. The summed E-state index contributed by atoms with van der Waals surface area (Å²) in [5, 5.41) is 3.80. The van der Waals surface area contributed by atoms with Crippen molar-refractivity contribution in [3.8, 4) is 5.75 Å². The zero-order valence-electron chi connectivity index (χ0n) is 18.6. The summed E-state index contributed by atoms with van der Waals surface area (Å²) < 4.78 is 6.54. The molecule has 0 aliphatic carbocycles. The number of likely N-dealkylation sites (N-methyl/N-ethyl adjacent to an activating group) is 1. The molecule has 0 heterocycles. The van der Waals surface area contributed by atoms with E-state index in [0.29, 0.717) is 28.8 Å². The quantitative estimate of drug-likeness (QED) is 0.333. The lowest BCUT2D eigenvalue weighted by Crippen LogP contribution is -2.51. The molecule has 34 heavy (non-hydrogen) atoms. The normalized spacial score (nSPS) is 11.5. The second-order valence-corrected chi connectivity index (χ2v) is 9.37. The van der Waals surface area contributed by atoms with Crippen LogP contribution in [0.2, 0.25) is 10.0 Å². The van der Waals surface area contributed by atoms with E-state index in [1.807, 2.05) is 49.4 Å². The third kappa shape index (κ3) is 7.49. The summed E-state index contributed by atoms with van der Waals surface area (Å²) in [5.41, 5.74) is 1.75. The first-order valence-corrected chi connectivity index (χ1v) is 12.4. The number of amides is 2. The molecule has 0 saturated heterocycles. The number of hydrogen-bond acceptors (Lipinski definition) is 3. The molecule has 3 aromatic rings. The highest BCUT2D eigenvalue weighted by atomic mass is 79.9. The number of benzene rings is 3. The summed E-state index contributed by atoms with van der Waals surface area (Å²) in [7, 11) is 0. The monoisotopic (exact) mass is 562 g/mol. The summed E-state index contributed by atoms with van der Waals surface area (Å²) in [5.74, 6) is -0.187. The van der Waals surface area contributed by atoms with Crippen LogP contribution in [0.1, 0.15) is 18.1 Å². The van der Waals surface area contributed by atoms with E-state index < -0.39 is 6.04 Å².